The van der Waals surface area contributed by atoms with Crippen molar-refractivity contribution in [3.05, 3.63) is 179 Å². The first-order valence-corrected chi connectivity index (χ1v) is 35.2. The number of aliphatic hydroxyl groups is 3. The molecule has 6 saturated carbocycles. The number of hydrogen-bond acceptors (Lipinski definition) is 7. The van der Waals surface area contributed by atoms with Gasteiger partial charge >= 0.3 is 11.9 Å². The van der Waals surface area contributed by atoms with Gasteiger partial charge in [0.2, 0.25) is 0 Å². The minimum Gasteiger partial charge on any atom is -0.462 e. The Hall–Kier alpha value is -5.34. The highest BCUT2D eigenvalue weighted by Gasteiger charge is 2.82. The van der Waals surface area contributed by atoms with Gasteiger partial charge in [-0.15, -0.1) is 0 Å². The molecule has 3 N–H and O–H groups in total. The molecule has 2 bridgehead atoms. The van der Waals surface area contributed by atoms with Crippen molar-refractivity contribution in [2.75, 3.05) is 6.61 Å². The molecule has 2 spiro atoms. The Balaban J connectivity index is 0.843. The van der Waals surface area contributed by atoms with Crippen LogP contribution in [0.25, 0.3) is 10.8 Å². The van der Waals surface area contributed by atoms with E-state index in [1.54, 1.807) is 22.8 Å². The van der Waals surface area contributed by atoms with Crippen molar-refractivity contribution in [1.29, 1.82) is 0 Å². The molecule has 9 aliphatic carbocycles. The minimum atomic E-state index is -1.67. The topological polar surface area (TPSA) is 113 Å². The second-order valence-corrected chi connectivity index (χ2v) is 31.5. The molecule has 0 radical (unpaired) electrons. The summed E-state index contributed by atoms with van der Waals surface area (Å²) >= 11 is 0. The van der Waals surface area contributed by atoms with Crippen molar-refractivity contribution < 1.29 is 34.4 Å². The van der Waals surface area contributed by atoms with E-state index < -0.39 is 45.6 Å². The Morgan fingerprint density at radius 2 is 1.48 bits per heavy atom. The van der Waals surface area contributed by atoms with Crippen LogP contribution in [0.15, 0.2) is 145 Å². The second-order valence-electron chi connectivity index (χ2n) is 31.5. The van der Waals surface area contributed by atoms with Gasteiger partial charge < -0.3 is 24.8 Å². The Kier molecular flexibility index (Phi) is 15.1. The van der Waals surface area contributed by atoms with E-state index in [4.69, 9.17) is 9.47 Å². The van der Waals surface area contributed by atoms with Crippen molar-refractivity contribution in [1.82, 2.24) is 0 Å². The molecule has 18 atom stereocenters. The van der Waals surface area contributed by atoms with Crippen molar-refractivity contribution in [2.24, 2.45) is 57.2 Å². The normalized spacial score (nSPS) is 39.7. The maximum absolute atomic E-state index is 15.7. The standard InChI is InChI=1S/C81H98O7/c1-53(18-15-23-54-19-7-4-8-20-54)33-42-79(85)45-44-75(2)51-67(88-74(84)59-26-16-24-56(47-59)46-55-21-9-5-10-22-55)73-76(3,39-37-68(82)81(73,79)80(75,86)43-34-57-48-69(83)87-52-57)62-36-41-77-40-35-60-50-78(61-27-11-6-12-28-61)38-14-13-30-65(78)64-32-31-58-25-17-29-63(66(77)49-62)70(58)71(64)72(60)77/h4-12,17,19-22,25,27-29,31-32,44-45,48,53,56,59-60,62,65-68,72-73,82,85-86H,13-16,18,23-24,26,30,33-43,46-47,49-52H2,1-3H3. The summed E-state index contributed by atoms with van der Waals surface area (Å²) in [6, 6.07) is 45.5. The summed E-state index contributed by atoms with van der Waals surface area (Å²) in [4.78, 5) is 28.4. The van der Waals surface area contributed by atoms with Crippen molar-refractivity contribution in [3.8, 4) is 0 Å². The maximum atomic E-state index is 15.7. The van der Waals surface area contributed by atoms with Crippen LogP contribution in [-0.2, 0) is 37.3 Å². The van der Waals surface area contributed by atoms with Gasteiger partial charge in [0.1, 0.15) is 12.7 Å². The third-order valence-corrected chi connectivity index (χ3v) is 27.5. The molecule has 6 fully saturated rings. The smallest absolute Gasteiger partial charge is 0.331 e. The van der Waals surface area contributed by atoms with E-state index in [9.17, 15) is 20.1 Å². The summed E-state index contributed by atoms with van der Waals surface area (Å²) in [6.45, 7) is 7.08. The fourth-order valence-electron chi connectivity index (χ4n) is 23.6. The van der Waals surface area contributed by atoms with E-state index in [0.717, 1.165) is 76.2 Å². The number of ether oxygens (including phenoxy) is 2. The fraction of sp³-hybridized carbons (Fsp3) is 0.580. The van der Waals surface area contributed by atoms with Crippen molar-refractivity contribution in [3.63, 3.8) is 0 Å². The predicted octanol–water partition coefficient (Wildman–Crippen LogP) is 17.1. The van der Waals surface area contributed by atoms with Gasteiger partial charge in [0.05, 0.1) is 28.6 Å². The monoisotopic (exact) mass is 1180 g/mol. The average molecular weight is 1180 g/mol. The molecule has 1 aliphatic heterocycles. The Labute approximate surface area is 524 Å². The summed E-state index contributed by atoms with van der Waals surface area (Å²) in [5, 5.41) is 46.3. The molecule has 0 aromatic heterocycles. The van der Waals surface area contributed by atoms with Crippen LogP contribution in [0.3, 0.4) is 0 Å². The first-order valence-electron chi connectivity index (χ1n) is 35.2. The van der Waals surface area contributed by atoms with Crippen LogP contribution in [0.2, 0.25) is 0 Å². The highest BCUT2D eigenvalue weighted by atomic mass is 16.5. The van der Waals surface area contributed by atoms with Crippen LogP contribution in [0.1, 0.15) is 220 Å². The largest absolute Gasteiger partial charge is 0.462 e. The number of hydrogen-bond donors (Lipinski definition) is 3. The Bertz CT molecular complexity index is 3480. The molecular weight excluding hydrogens is 1080 g/mol. The molecule has 88 heavy (non-hydrogen) atoms. The lowest BCUT2D eigenvalue weighted by molar-refractivity contribution is -0.363. The number of fused-ring (bicyclic) bond motifs is 4. The summed E-state index contributed by atoms with van der Waals surface area (Å²) in [5.74, 6) is 1.29. The third-order valence-electron chi connectivity index (χ3n) is 27.5. The molecule has 5 aromatic carbocycles. The number of cyclic esters (lactones) is 1. The second kappa shape index (κ2) is 22.5. The molecule has 10 aliphatic rings. The minimum absolute atomic E-state index is 0.0979. The van der Waals surface area contributed by atoms with E-state index in [1.807, 2.05) is 6.08 Å². The summed E-state index contributed by atoms with van der Waals surface area (Å²) in [6.07, 6.45) is 26.5. The van der Waals surface area contributed by atoms with E-state index in [2.05, 4.69) is 148 Å². The molecule has 5 aromatic rings. The van der Waals surface area contributed by atoms with Gasteiger partial charge in [-0.1, -0.05) is 186 Å². The molecular formula is C81H98O7. The summed E-state index contributed by atoms with van der Waals surface area (Å²) < 4.78 is 13.0. The number of benzene rings is 5. The number of aryl methyl sites for hydroxylation is 1. The average Bonchev–Trinajstić information content (AvgIpc) is 0.680. The number of esters is 2. The van der Waals surface area contributed by atoms with Gasteiger partial charge in [-0.3, -0.25) is 4.79 Å². The fourth-order valence-corrected chi connectivity index (χ4v) is 23.6. The molecule has 1 heterocycles. The van der Waals surface area contributed by atoms with Crippen LogP contribution in [-0.4, -0.2) is 57.3 Å². The van der Waals surface area contributed by atoms with E-state index in [-0.39, 0.29) is 53.6 Å². The van der Waals surface area contributed by atoms with E-state index in [1.165, 1.54) is 72.4 Å². The lowest BCUT2D eigenvalue weighted by Gasteiger charge is -2.76. The van der Waals surface area contributed by atoms with Gasteiger partial charge in [0.25, 0.3) is 0 Å². The quantitative estimate of drug-likeness (QED) is 0.0666. The van der Waals surface area contributed by atoms with Gasteiger partial charge in [0.15, 0.2) is 0 Å². The Morgan fingerprint density at radius 1 is 0.705 bits per heavy atom. The zero-order chi connectivity index (χ0) is 60.3. The van der Waals surface area contributed by atoms with Crippen molar-refractivity contribution >= 4 is 22.7 Å². The predicted molar refractivity (Wildman–Crippen MR) is 348 cm³/mol. The molecule has 7 heteroatoms. The van der Waals surface area contributed by atoms with Crippen molar-refractivity contribution in [2.45, 2.75) is 228 Å². The molecule has 0 amide bonds. The zero-order valence-corrected chi connectivity index (χ0v) is 53.0. The van der Waals surface area contributed by atoms with Gasteiger partial charge in [-0.2, -0.15) is 0 Å². The van der Waals surface area contributed by atoms with Gasteiger partial charge in [0, 0.05) is 22.8 Å². The molecule has 15 rings (SSSR count). The molecule has 7 nitrogen and oxygen atoms in total. The van der Waals surface area contributed by atoms with E-state index >= 15 is 4.79 Å². The molecule has 464 valence electrons. The van der Waals surface area contributed by atoms with Gasteiger partial charge in [-0.05, 0) is 230 Å². The molecule has 18 unspecified atom stereocenters. The van der Waals surface area contributed by atoms with Crippen LogP contribution < -0.4 is 0 Å². The Morgan fingerprint density at radius 3 is 2.26 bits per heavy atom. The molecule has 0 saturated heterocycles. The number of carbonyl (C=O) groups is 2. The zero-order valence-electron chi connectivity index (χ0n) is 53.0. The number of rotatable bonds is 16. The number of aliphatic hydroxyl groups excluding tert-OH is 1. The maximum Gasteiger partial charge on any atom is 0.331 e. The van der Waals surface area contributed by atoms with Crippen LogP contribution in [0.5, 0.6) is 0 Å². The first kappa shape index (κ1) is 59.0. The third kappa shape index (κ3) is 9.14. The SMILES string of the molecule is CC(CCCc1ccccc1)CCC1(O)C=CC2(C)CC(OC(=O)C3CCCC(Cc4ccccc4)C3)C3C(C)(C4CCC56CCC7CC8(c9ccccc9)CCCCC8c8ccc9cccc(c9c8C75)C6C4)CCC(O)C31C2(O)CCC1=CC(=O)OC1. The van der Waals surface area contributed by atoms with Crippen LogP contribution in [0, 0.1) is 57.2 Å². The summed E-state index contributed by atoms with van der Waals surface area (Å²) in [7, 11) is 0. The number of carbonyl (C=O) groups excluding carboxylic acids is 2. The van der Waals surface area contributed by atoms with Gasteiger partial charge in [-0.25, -0.2) is 4.79 Å². The lowest BCUT2D eigenvalue weighted by Crippen LogP contribution is -2.83. The van der Waals surface area contributed by atoms with Crippen LogP contribution in [0.4, 0.5) is 0 Å². The van der Waals surface area contributed by atoms with E-state index in [0.29, 0.717) is 68.1 Å². The first-order chi connectivity index (χ1) is 42.6. The summed E-state index contributed by atoms with van der Waals surface area (Å²) in [5.41, 5.74) is 3.65. The highest BCUT2D eigenvalue weighted by molar-refractivity contribution is 5.93. The lowest BCUT2D eigenvalue weighted by atomic mass is 9.31. The highest BCUT2D eigenvalue weighted by Crippen LogP contribution is 2.79. The van der Waals surface area contributed by atoms with Crippen LogP contribution >= 0.6 is 0 Å².